The highest BCUT2D eigenvalue weighted by Crippen LogP contribution is 2.24. The summed E-state index contributed by atoms with van der Waals surface area (Å²) < 4.78 is 6.01. The summed E-state index contributed by atoms with van der Waals surface area (Å²) >= 11 is 3.38. The SMILES string of the molecule is CCc1cc(N2CCN(c3ncc(Br)c(OC)n3)CC2)nc(C)n1. The van der Waals surface area contributed by atoms with Crippen LogP contribution in [0.5, 0.6) is 5.88 Å². The van der Waals surface area contributed by atoms with Crippen LogP contribution in [0.1, 0.15) is 18.4 Å². The Kier molecular flexibility index (Phi) is 5.13. The summed E-state index contributed by atoms with van der Waals surface area (Å²) in [7, 11) is 1.61. The zero-order chi connectivity index (χ0) is 17.1. The molecule has 128 valence electrons. The number of anilines is 2. The van der Waals surface area contributed by atoms with E-state index in [-0.39, 0.29) is 0 Å². The molecule has 8 heteroatoms. The molecule has 1 saturated heterocycles. The molecule has 7 nitrogen and oxygen atoms in total. The van der Waals surface area contributed by atoms with Crippen molar-refractivity contribution in [2.45, 2.75) is 20.3 Å². The van der Waals surface area contributed by atoms with Gasteiger partial charge >= 0.3 is 0 Å². The predicted octanol–water partition coefficient (Wildman–Crippen LogP) is 2.24. The third-order valence-electron chi connectivity index (χ3n) is 4.02. The van der Waals surface area contributed by atoms with Crippen molar-refractivity contribution in [3.63, 3.8) is 0 Å². The minimum Gasteiger partial charge on any atom is -0.480 e. The Bertz CT molecular complexity index is 718. The molecule has 3 heterocycles. The number of rotatable bonds is 4. The summed E-state index contributed by atoms with van der Waals surface area (Å²) in [4.78, 5) is 22.3. The standard InChI is InChI=1S/C16H21BrN6O/c1-4-12-9-14(20-11(2)19-12)22-5-7-23(8-6-22)16-18-10-13(17)15(21-16)24-3/h9-10H,4-8H2,1-3H3. The van der Waals surface area contributed by atoms with Gasteiger partial charge in [-0.1, -0.05) is 6.92 Å². The van der Waals surface area contributed by atoms with Gasteiger partial charge in [0.2, 0.25) is 11.8 Å². The Balaban J connectivity index is 1.71. The monoisotopic (exact) mass is 392 g/mol. The molecule has 0 amide bonds. The Morgan fingerprint density at radius 2 is 1.83 bits per heavy atom. The second kappa shape index (κ2) is 7.29. The average Bonchev–Trinajstić information content (AvgIpc) is 2.61. The lowest BCUT2D eigenvalue weighted by Crippen LogP contribution is -2.47. The van der Waals surface area contributed by atoms with Crippen molar-refractivity contribution >= 4 is 27.7 Å². The molecule has 0 bridgehead atoms. The van der Waals surface area contributed by atoms with Crippen LogP contribution in [0.15, 0.2) is 16.7 Å². The van der Waals surface area contributed by atoms with Gasteiger partial charge in [0.15, 0.2) is 0 Å². The maximum atomic E-state index is 5.25. The molecule has 2 aromatic rings. The number of methoxy groups -OCH3 is 1. The van der Waals surface area contributed by atoms with Crippen LogP contribution in [0.25, 0.3) is 0 Å². The van der Waals surface area contributed by atoms with Crippen molar-refractivity contribution in [2.24, 2.45) is 0 Å². The van der Waals surface area contributed by atoms with Gasteiger partial charge in [0.05, 0.1) is 17.8 Å². The molecule has 1 fully saturated rings. The zero-order valence-electron chi connectivity index (χ0n) is 14.2. The largest absolute Gasteiger partial charge is 0.480 e. The van der Waals surface area contributed by atoms with E-state index in [2.05, 4.69) is 58.7 Å². The van der Waals surface area contributed by atoms with E-state index in [1.54, 1.807) is 13.3 Å². The number of piperazine rings is 1. The normalized spacial score (nSPS) is 14.8. The van der Waals surface area contributed by atoms with E-state index in [0.717, 1.165) is 54.4 Å². The van der Waals surface area contributed by atoms with E-state index in [9.17, 15) is 0 Å². The lowest BCUT2D eigenvalue weighted by Gasteiger charge is -2.35. The highest BCUT2D eigenvalue weighted by Gasteiger charge is 2.21. The molecule has 0 atom stereocenters. The Labute approximate surface area is 150 Å². The van der Waals surface area contributed by atoms with Gasteiger partial charge in [-0.2, -0.15) is 4.98 Å². The Morgan fingerprint density at radius 3 is 2.50 bits per heavy atom. The van der Waals surface area contributed by atoms with Gasteiger partial charge in [0, 0.05) is 37.9 Å². The van der Waals surface area contributed by atoms with Crippen molar-refractivity contribution < 1.29 is 4.74 Å². The highest BCUT2D eigenvalue weighted by molar-refractivity contribution is 9.10. The Hall–Kier alpha value is -1.96. The average molecular weight is 393 g/mol. The van der Waals surface area contributed by atoms with E-state index < -0.39 is 0 Å². The lowest BCUT2D eigenvalue weighted by atomic mass is 10.2. The lowest BCUT2D eigenvalue weighted by molar-refractivity contribution is 0.393. The summed E-state index contributed by atoms with van der Waals surface area (Å²) in [5.74, 6) is 3.09. The van der Waals surface area contributed by atoms with Crippen molar-refractivity contribution in [3.8, 4) is 5.88 Å². The van der Waals surface area contributed by atoms with E-state index in [1.165, 1.54) is 0 Å². The maximum absolute atomic E-state index is 5.25. The van der Waals surface area contributed by atoms with Crippen molar-refractivity contribution in [1.29, 1.82) is 0 Å². The first-order valence-electron chi connectivity index (χ1n) is 8.01. The molecule has 3 rings (SSSR count). The number of aromatic nitrogens is 4. The summed E-state index contributed by atoms with van der Waals surface area (Å²) in [5, 5.41) is 0. The fourth-order valence-electron chi connectivity index (χ4n) is 2.73. The van der Waals surface area contributed by atoms with Gasteiger partial charge < -0.3 is 14.5 Å². The molecule has 0 saturated carbocycles. The van der Waals surface area contributed by atoms with Crippen LogP contribution in [0, 0.1) is 6.92 Å². The molecule has 1 aliphatic rings. The van der Waals surface area contributed by atoms with Crippen LogP contribution < -0.4 is 14.5 Å². The molecule has 2 aromatic heterocycles. The minimum absolute atomic E-state index is 0.557. The molecule has 24 heavy (non-hydrogen) atoms. The summed E-state index contributed by atoms with van der Waals surface area (Å²) in [6.07, 6.45) is 2.65. The zero-order valence-corrected chi connectivity index (χ0v) is 15.7. The predicted molar refractivity (Wildman–Crippen MR) is 96.9 cm³/mol. The number of aryl methyl sites for hydroxylation is 2. The molecule has 0 aliphatic carbocycles. The fraction of sp³-hybridized carbons (Fsp3) is 0.500. The molecule has 0 radical (unpaired) electrons. The molecule has 0 N–H and O–H groups in total. The van der Waals surface area contributed by atoms with Crippen LogP contribution in [-0.4, -0.2) is 53.2 Å². The molecule has 0 aromatic carbocycles. The van der Waals surface area contributed by atoms with E-state index in [0.29, 0.717) is 11.8 Å². The molecule has 0 spiro atoms. The van der Waals surface area contributed by atoms with Crippen LogP contribution in [0.3, 0.4) is 0 Å². The van der Waals surface area contributed by atoms with Gasteiger partial charge in [-0.05, 0) is 29.3 Å². The van der Waals surface area contributed by atoms with E-state index in [4.69, 9.17) is 4.74 Å². The van der Waals surface area contributed by atoms with Crippen molar-refractivity contribution in [2.75, 3.05) is 43.1 Å². The number of nitrogens with zero attached hydrogens (tertiary/aromatic N) is 6. The molecular weight excluding hydrogens is 372 g/mol. The van der Waals surface area contributed by atoms with E-state index >= 15 is 0 Å². The van der Waals surface area contributed by atoms with E-state index in [1.807, 2.05) is 6.92 Å². The topological polar surface area (TPSA) is 67.3 Å². The van der Waals surface area contributed by atoms with Gasteiger partial charge in [-0.15, -0.1) is 0 Å². The number of hydrogen-bond acceptors (Lipinski definition) is 7. The minimum atomic E-state index is 0.557. The number of hydrogen-bond donors (Lipinski definition) is 0. The van der Waals surface area contributed by atoms with Crippen LogP contribution in [-0.2, 0) is 6.42 Å². The van der Waals surface area contributed by atoms with Gasteiger partial charge in [0.25, 0.3) is 0 Å². The second-order valence-electron chi connectivity index (χ2n) is 5.62. The number of halogens is 1. The maximum Gasteiger partial charge on any atom is 0.232 e. The third-order valence-corrected chi connectivity index (χ3v) is 4.56. The van der Waals surface area contributed by atoms with Crippen molar-refractivity contribution in [3.05, 3.63) is 28.3 Å². The summed E-state index contributed by atoms with van der Waals surface area (Å²) in [6.45, 7) is 7.50. The van der Waals surface area contributed by atoms with Crippen molar-refractivity contribution in [1.82, 2.24) is 19.9 Å². The third kappa shape index (κ3) is 3.58. The van der Waals surface area contributed by atoms with Crippen LogP contribution >= 0.6 is 15.9 Å². The van der Waals surface area contributed by atoms with Gasteiger partial charge in [0.1, 0.15) is 11.6 Å². The molecule has 1 aliphatic heterocycles. The Morgan fingerprint density at radius 1 is 1.12 bits per heavy atom. The first-order chi connectivity index (χ1) is 11.6. The smallest absolute Gasteiger partial charge is 0.232 e. The quantitative estimate of drug-likeness (QED) is 0.789. The number of ether oxygens (including phenoxy) is 1. The van der Waals surface area contributed by atoms with Crippen LogP contribution in [0.2, 0.25) is 0 Å². The summed E-state index contributed by atoms with van der Waals surface area (Å²) in [5.41, 5.74) is 1.08. The van der Waals surface area contributed by atoms with Gasteiger partial charge in [-0.3, -0.25) is 0 Å². The van der Waals surface area contributed by atoms with Crippen LogP contribution in [0.4, 0.5) is 11.8 Å². The first kappa shape index (κ1) is 16.9. The highest BCUT2D eigenvalue weighted by atomic mass is 79.9. The molecular formula is C16H21BrN6O. The first-order valence-corrected chi connectivity index (χ1v) is 8.81. The molecule has 0 unspecified atom stereocenters. The second-order valence-corrected chi connectivity index (χ2v) is 6.47. The summed E-state index contributed by atoms with van der Waals surface area (Å²) in [6, 6.07) is 2.09. The fourth-order valence-corrected chi connectivity index (χ4v) is 3.08. The van der Waals surface area contributed by atoms with Gasteiger partial charge in [-0.25, -0.2) is 15.0 Å².